The van der Waals surface area contributed by atoms with Crippen molar-refractivity contribution in [2.45, 2.75) is 39.2 Å². The Morgan fingerprint density at radius 1 is 1.43 bits per heavy atom. The molecule has 0 saturated heterocycles. The maximum atomic E-state index is 8.34. The largest absolute Gasteiger partial charge is 0.409 e. The van der Waals surface area contributed by atoms with Gasteiger partial charge in [0.1, 0.15) is 6.61 Å². The summed E-state index contributed by atoms with van der Waals surface area (Å²) < 4.78 is 5.54. The van der Waals surface area contributed by atoms with Crippen LogP contribution in [0.1, 0.15) is 33.1 Å². The summed E-state index contributed by atoms with van der Waals surface area (Å²) in [5, 5.41) is 11.2. The predicted octanol–water partition coefficient (Wildman–Crippen LogP) is 1.57. The molecule has 4 heteroatoms. The van der Waals surface area contributed by atoms with Crippen molar-refractivity contribution in [3.63, 3.8) is 0 Å². The van der Waals surface area contributed by atoms with Crippen LogP contribution in [0.3, 0.4) is 0 Å². The second kappa shape index (κ2) is 5.20. The summed E-state index contributed by atoms with van der Waals surface area (Å²) in [4.78, 5) is 0. The molecule has 14 heavy (non-hydrogen) atoms. The maximum Gasteiger partial charge on any atom is 0.165 e. The fourth-order valence-corrected chi connectivity index (χ4v) is 1.88. The van der Waals surface area contributed by atoms with Gasteiger partial charge in [-0.2, -0.15) is 0 Å². The van der Waals surface area contributed by atoms with Crippen LogP contribution in [0.4, 0.5) is 0 Å². The minimum Gasteiger partial charge on any atom is -0.409 e. The second-order valence-corrected chi connectivity index (χ2v) is 4.29. The summed E-state index contributed by atoms with van der Waals surface area (Å²) in [5.41, 5.74) is 5.33. The van der Waals surface area contributed by atoms with Gasteiger partial charge >= 0.3 is 0 Å². The zero-order chi connectivity index (χ0) is 10.6. The monoisotopic (exact) mass is 200 g/mol. The zero-order valence-corrected chi connectivity index (χ0v) is 8.94. The van der Waals surface area contributed by atoms with Crippen molar-refractivity contribution in [1.82, 2.24) is 0 Å². The van der Waals surface area contributed by atoms with Crippen molar-refractivity contribution >= 4 is 5.84 Å². The van der Waals surface area contributed by atoms with Crippen molar-refractivity contribution in [1.29, 1.82) is 0 Å². The van der Waals surface area contributed by atoms with Crippen LogP contribution in [0.15, 0.2) is 5.16 Å². The van der Waals surface area contributed by atoms with E-state index in [0.717, 1.165) is 18.8 Å². The van der Waals surface area contributed by atoms with Crippen LogP contribution in [0, 0.1) is 11.8 Å². The molecular weight excluding hydrogens is 180 g/mol. The van der Waals surface area contributed by atoms with E-state index in [-0.39, 0.29) is 18.5 Å². The van der Waals surface area contributed by atoms with Gasteiger partial charge in [0.15, 0.2) is 5.84 Å². The Bertz CT molecular complexity index is 206. The lowest BCUT2D eigenvalue weighted by Crippen LogP contribution is -2.30. The summed E-state index contributed by atoms with van der Waals surface area (Å²) in [5.74, 6) is 1.65. The molecule has 1 fully saturated rings. The van der Waals surface area contributed by atoms with Gasteiger partial charge < -0.3 is 15.7 Å². The molecule has 0 heterocycles. The van der Waals surface area contributed by atoms with Gasteiger partial charge in [0, 0.05) is 0 Å². The van der Waals surface area contributed by atoms with Crippen molar-refractivity contribution in [3.8, 4) is 0 Å². The third kappa shape index (κ3) is 3.18. The van der Waals surface area contributed by atoms with Gasteiger partial charge in [0.2, 0.25) is 0 Å². The normalized spacial score (nSPS) is 34.4. The highest BCUT2D eigenvalue weighted by Gasteiger charge is 2.24. The molecule has 0 amide bonds. The second-order valence-electron chi connectivity index (χ2n) is 4.29. The zero-order valence-electron chi connectivity index (χ0n) is 8.94. The van der Waals surface area contributed by atoms with E-state index in [0.29, 0.717) is 5.92 Å². The lowest BCUT2D eigenvalue weighted by Gasteiger charge is -2.31. The van der Waals surface area contributed by atoms with Gasteiger partial charge in [-0.15, -0.1) is 0 Å². The number of nitrogens with zero attached hydrogens (tertiary/aromatic N) is 1. The van der Waals surface area contributed by atoms with Crippen LogP contribution in [-0.4, -0.2) is 23.8 Å². The highest BCUT2D eigenvalue weighted by atomic mass is 16.5. The summed E-state index contributed by atoms with van der Waals surface area (Å²) in [7, 11) is 0. The number of nitrogens with two attached hydrogens (primary N) is 1. The quantitative estimate of drug-likeness (QED) is 0.314. The van der Waals surface area contributed by atoms with Crippen molar-refractivity contribution in [3.05, 3.63) is 0 Å². The number of amidine groups is 1. The molecule has 3 atom stereocenters. The molecule has 3 unspecified atom stereocenters. The minimum absolute atomic E-state index is 0.149. The average Bonchev–Trinajstić information content (AvgIpc) is 2.19. The molecule has 1 rings (SSSR count). The fraction of sp³-hybridized carbons (Fsp3) is 0.900. The average molecular weight is 200 g/mol. The molecule has 0 spiro atoms. The molecule has 0 aromatic rings. The first kappa shape index (κ1) is 11.3. The van der Waals surface area contributed by atoms with Gasteiger partial charge in [0.25, 0.3) is 0 Å². The minimum atomic E-state index is 0.149. The van der Waals surface area contributed by atoms with Crippen LogP contribution < -0.4 is 5.73 Å². The molecule has 1 saturated carbocycles. The van der Waals surface area contributed by atoms with Crippen molar-refractivity contribution < 1.29 is 9.94 Å². The first-order valence-electron chi connectivity index (χ1n) is 5.21. The van der Waals surface area contributed by atoms with E-state index in [9.17, 15) is 0 Å². The first-order chi connectivity index (χ1) is 6.63. The lowest BCUT2D eigenvalue weighted by atomic mass is 9.80. The summed E-state index contributed by atoms with van der Waals surface area (Å²) in [6.45, 7) is 4.77. The Balaban J connectivity index is 2.26. The number of oxime groups is 1. The first-order valence-corrected chi connectivity index (χ1v) is 5.21. The molecule has 3 N–H and O–H groups in total. The molecule has 0 aromatic carbocycles. The van der Waals surface area contributed by atoms with Crippen molar-refractivity contribution in [2.75, 3.05) is 6.61 Å². The number of rotatable bonds is 3. The van der Waals surface area contributed by atoms with Gasteiger partial charge in [-0.1, -0.05) is 19.0 Å². The third-order valence-electron chi connectivity index (χ3n) is 3.15. The van der Waals surface area contributed by atoms with Crippen LogP contribution in [0.5, 0.6) is 0 Å². The summed E-state index contributed by atoms with van der Waals surface area (Å²) in [6.07, 6.45) is 3.66. The summed E-state index contributed by atoms with van der Waals surface area (Å²) in [6, 6.07) is 0. The van der Waals surface area contributed by atoms with Crippen LogP contribution in [0.2, 0.25) is 0 Å². The predicted molar refractivity (Wildman–Crippen MR) is 55.3 cm³/mol. The van der Waals surface area contributed by atoms with Gasteiger partial charge in [-0.05, 0) is 31.1 Å². The molecule has 82 valence electrons. The number of hydrogen-bond donors (Lipinski definition) is 2. The Hall–Kier alpha value is -0.770. The van der Waals surface area contributed by atoms with Gasteiger partial charge in [-0.3, -0.25) is 0 Å². The van der Waals surface area contributed by atoms with Gasteiger partial charge in [-0.25, -0.2) is 0 Å². The standard InChI is InChI=1S/C10H20N2O2/c1-7-3-4-9(5-8(7)2)14-6-10(11)12-13/h7-9,13H,3-6H2,1-2H3,(H2,11,12). The topological polar surface area (TPSA) is 67.8 Å². The summed E-state index contributed by atoms with van der Waals surface area (Å²) >= 11 is 0. The number of hydrogen-bond acceptors (Lipinski definition) is 3. The molecule has 1 aliphatic rings. The highest BCUT2D eigenvalue weighted by Crippen LogP contribution is 2.30. The Kier molecular flexibility index (Phi) is 4.20. The highest BCUT2D eigenvalue weighted by molar-refractivity contribution is 5.80. The molecule has 0 radical (unpaired) electrons. The van der Waals surface area contributed by atoms with Crippen LogP contribution >= 0.6 is 0 Å². The SMILES string of the molecule is CC1CCC(OCC(N)=NO)CC1C. The van der Waals surface area contributed by atoms with E-state index < -0.39 is 0 Å². The van der Waals surface area contributed by atoms with E-state index in [1.165, 1.54) is 6.42 Å². The van der Waals surface area contributed by atoms with E-state index >= 15 is 0 Å². The smallest absolute Gasteiger partial charge is 0.165 e. The van der Waals surface area contributed by atoms with E-state index in [2.05, 4.69) is 19.0 Å². The Labute approximate surface area is 85.1 Å². The molecule has 0 aromatic heterocycles. The molecular formula is C10H20N2O2. The van der Waals surface area contributed by atoms with Crippen LogP contribution in [-0.2, 0) is 4.74 Å². The van der Waals surface area contributed by atoms with Gasteiger partial charge in [0.05, 0.1) is 6.10 Å². The van der Waals surface area contributed by atoms with E-state index in [1.807, 2.05) is 0 Å². The fourth-order valence-electron chi connectivity index (χ4n) is 1.88. The Morgan fingerprint density at radius 2 is 2.14 bits per heavy atom. The van der Waals surface area contributed by atoms with Crippen molar-refractivity contribution in [2.24, 2.45) is 22.7 Å². The van der Waals surface area contributed by atoms with Crippen LogP contribution in [0.25, 0.3) is 0 Å². The van der Waals surface area contributed by atoms with E-state index in [4.69, 9.17) is 15.7 Å². The van der Waals surface area contributed by atoms with E-state index in [1.54, 1.807) is 0 Å². The Morgan fingerprint density at radius 3 is 2.71 bits per heavy atom. The third-order valence-corrected chi connectivity index (χ3v) is 3.15. The number of ether oxygens (including phenoxy) is 1. The molecule has 1 aliphatic carbocycles. The molecule has 0 aliphatic heterocycles. The molecule has 0 bridgehead atoms. The molecule has 4 nitrogen and oxygen atoms in total. The lowest BCUT2D eigenvalue weighted by molar-refractivity contribution is 0.0214. The maximum absolute atomic E-state index is 8.34.